The minimum Gasteiger partial charge on any atom is -0.465 e. The predicted octanol–water partition coefficient (Wildman–Crippen LogP) is 3.31. The van der Waals surface area contributed by atoms with Gasteiger partial charge in [0.25, 0.3) is 0 Å². The molecule has 0 spiro atoms. The number of urea groups is 1. The number of aryl methyl sites for hydroxylation is 1. The van der Waals surface area contributed by atoms with E-state index in [1.165, 1.54) is 4.90 Å². The molecular formula is C21H24N6O3. The van der Waals surface area contributed by atoms with Crippen LogP contribution in [0, 0.1) is 6.92 Å². The van der Waals surface area contributed by atoms with Gasteiger partial charge in [-0.2, -0.15) is 0 Å². The van der Waals surface area contributed by atoms with E-state index in [4.69, 9.17) is 5.11 Å². The molecule has 1 aliphatic rings. The first-order chi connectivity index (χ1) is 14.5. The average Bonchev–Trinajstić information content (AvgIpc) is 3.13. The Bertz CT molecular complexity index is 1050. The fourth-order valence-corrected chi connectivity index (χ4v) is 3.57. The Morgan fingerprint density at radius 1 is 1.13 bits per heavy atom. The Kier molecular flexibility index (Phi) is 5.53. The van der Waals surface area contributed by atoms with Crippen molar-refractivity contribution < 1.29 is 14.7 Å². The molecule has 1 fully saturated rings. The van der Waals surface area contributed by atoms with Crippen molar-refractivity contribution in [3.05, 3.63) is 54.0 Å². The molecule has 3 aromatic rings. The molecule has 9 nitrogen and oxygen atoms in total. The highest BCUT2D eigenvalue weighted by Crippen LogP contribution is 2.25. The average molecular weight is 408 g/mol. The molecule has 3 amide bonds. The number of pyridine rings is 1. The highest BCUT2D eigenvalue weighted by atomic mass is 16.4. The van der Waals surface area contributed by atoms with Crippen LogP contribution < -0.4 is 10.6 Å². The third kappa shape index (κ3) is 4.52. The molecule has 0 aliphatic carbocycles. The van der Waals surface area contributed by atoms with Gasteiger partial charge >= 0.3 is 12.1 Å². The lowest BCUT2D eigenvalue weighted by molar-refractivity contribution is 0.102. The van der Waals surface area contributed by atoms with E-state index in [9.17, 15) is 9.59 Å². The molecular weight excluding hydrogens is 384 g/mol. The summed E-state index contributed by atoms with van der Waals surface area (Å²) in [4.78, 5) is 34.7. The number of carbonyl (C=O) groups is 2. The zero-order valence-corrected chi connectivity index (χ0v) is 16.7. The largest absolute Gasteiger partial charge is 0.465 e. The topological polar surface area (TPSA) is 114 Å². The van der Waals surface area contributed by atoms with E-state index >= 15 is 0 Å². The molecule has 0 unspecified atom stereocenters. The number of carbonyl (C=O) groups excluding carboxylic acids is 1. The summed E-state index contributed by atoms with van der Waals surface area (Å²) in [5.41, 5.74) is 4.07. The Hall–Kier alpha value is -3.59. The van der Waals surface area contributed by atoms with Crippen LogP contribution >= 0.6 is 0 Å². The van der Waals surface area contributed by atoms with E-state index in [-0.39, 0.29) is 6.03 Å². The molecule has 0 saturated carbocycles. The zero-order chi connectivity index (χ0) is 21.1. The molecule has 2 aromatic heterocycles. The van der Waals surface area contributed by atoms with Crippen LogP contribution in [0.4, 0.5) is 21.0 Å². The van der Waals surface area contributed by atoms with E-state index in [1.807, 2.05) is 31.2 Å². The summed E-state index contributed by atoms with van der Waals surface area (Å²) in [6.07, 6.45) is 0.752. The van der Waals surface area contributed by atoms with Crippen molar-refractivity contribution >= 4 is 34.4 Å². The monoisotopic (exact) mass is 408 g/mol. The minimum absolute atomic E-state index is 0.339. The number of nitrogens with one attached hydrogen (secondary N) is 3. The maximum atomic E-state index is 12.4. The standard InChI is InChI=1S/C21H24N6O3/c1-14-5-6-16(12-22-14)24-20(28)25-18-4-2-3-15-11-17(23-19(15)18)13-26-7-9-27(10-8-26)21(29)30/h2-6,11-12,23H,7-10,13H2,1H3,(H,29,30)(H2,24,25,28). The van der Waals surface area contributed by atoms with Crippen molar-refractivity contribution in [3.8, 4) is 0 Å². The summed E-state index contributed by atoms with van der Waals surface area (Å²) in [6, 6.07) is 11.1. The molecule has 9 heteroatoms. The molecule has 0 bridgehead atoms. The van der Waals surface area contributed by atoms with E-state index in [2.05, 4.69) is 31.6 Å². The second-order valence-corrected chi connectivity index (χ2v) is 7.38. The van der Waals surface area contributed by atoms with Crippen molar-refractivity contribution in [2.75, 3.05) is 36.8 Å². The van der Waals surface area contributed by atoms with Crippen molar-refractivity contribution in [2.45, 2.75) is 13.5 Å². The number of amides is 3. The molecule has 0 radical (unpaired) electrons. The van der Waals surface area contributed by atoms with Crippen LogP contribution in [0.5, 0.6) is 0 Å². The van der Waals surface area contributed by atoms with E-state index in [1.54, 1.807) is 12.3 Å². The third-order valence-electron chi connectivity index (χ3n) is 5.17. The first-order valence-corrected chi connectivity index (χ1v) is 9.79. The predicted molar refractivity (Wildman–Crippen MR) is 115 cm³/mol. The van der Waals surface area contributed by atoms with E-state index in [0.717, 1.165) is 22.3 Å². The Labute approximate surface area is 173 Å². The molecule has 1 aliphatic heterocycles. The van der Waals surface area contributed by atoms with Gasteiger partial charge in [-0.15, -0.1) is 0 Å². The van der Waals surface area contributed by atoms with Gasteiger partial charge in [-0.1, -0.05) is 12.1 Å². The first kappa shape index (κ1) is 19.7. The molecule has 0 atom stereocenters. The second-order valence-electron chi connectivity index (χ2n) is 7.38. The number of piperazine rings is 1. The highest BCUT2D eigenvalue weighted by Gasteiger charge is 2.21. The van der Waals surface area contributed by atoms with Gasteiger partial charge in [-0.3, -0.25) is 9.88 Å². The van der Waals surface area contributed by atoms with Crippen molar-refractivity contribution in [1.82, 2.24) is 19.8 Å². The quantitative estimate of drug-likeness (QED) is 0.529. The second kappa shape index (κ2) is 8.42. The molecule has 156 valence electrons. The fourth-order valence-electron chi connectivity index (χ4n) is 3.57. The van der Waals surface area contributed by atoms with Crippen molar-refractivity contribution in [2.24, 2.45) is 0 Å². The third-order valence-corrected chi connectivity index (χ3v) is 5.17. The Morgan fingerprint density at radius 3 is 2.63 bits per heavy atom. The number of fused-ring (bicyclic) bond motifs is 1. The Balaban J connectivity index is 1.42. The van der Waals surface area contributed by atoms with Crippen LogP contribution in [0.15, 0.2) is 42.6 Å². The van der Waals surface area contributed by atoms with Gasteiger partial charge in [-0.25, -0.2) is 9.59 Å². The summed E-state index contributed by atoms with van der Waals surface area (Å²) >= 11 is 0. The lowest BCUT2D eigenvalue weighted by Crippen LogP contribution is -2.47. The number of para-hydroxylation sites is 1. The van der Waals surface area contributed by atoms with Gasteiger partial charge in [0.2, 0.25) is 0 Å². The summed E-state index contributed by atoms with van der Waals surface area (Å²) in [7, 11) is 0. The normalized spacial score (nSPS) is 14.6. The van der Waals surface area contributed by atoms with Crippen molar-refractivity contribution in [1.29, 1.82) is 0 Å². The van der Waals surface area contributed by atoms with Crippen LogP contribution in [-0.2, 0) is 6.54 Å². The van der Waals surface area contributed by atoms with E-state index in [0.29, 0.717) is 44.1 Å². The molecule has 4 N–H and O–H groups in total. The molecule has 1 aromatic carbocycles. The van der Waals surface area contributed by atoms with Gasteiger partial charge < -0.3 is 25.6 Å². The number of nitrogens with zero attached hydrogens (tertiary/aromatic N) is 3. The maximum absolute atomic E-state index is 12.4. The van der Waals surface area contributed by atoms with Crippen molar-refractivity contribution in [3.63, 3.8) is 0 Å². The number of aromatic nitrogens is 2. The molecule has 30 heavy (non-hydrogen) atoms. The SMILES string of the molecule is Cc1ccc(NC(=O)Nc2cccc3cc(CN4CCN(C(=O)O)CC4)[nH]c23)cn1. The highest BCUT2D eigenvalue weighted by molar-refractivity contribution is 6.05. The summed E-state index contributed by atoms with van der Waals surface area (Å²) in [5.74, 6) is 0. The van der Waals surface area contributed by atoms with Crippen LogP contribution in [0.2, 0.25) is 0 Å². The van der Waals surface area contributed by atoms with Gasteiger partial charge in [-0.05, 0) is 31.2 Å². The zero-order valence-electron chi connectivity index (χ0n) is 16.7. The summed E-state index contributed by atoms with van der Waals surface area (Å²) in [6.45, 7) is 4.99. The van der Waals surface area contributed by atoms with E-state index < -0.39 is 6.09 Å². The number of rotatable bonds is 4. The number of carboxylic acid groups (broad SMARTS) is 1. The van der Waals surface area contributed by atoms with Gasteiger partial charge in [0, 0.05) is 49.5 Å². The summed E-state index contributed by atoms with van der Waals surface area (Å²) < 4.78 is 0. The van der Waals surface area contributed by atoms with Crippen LogP contribution in [-0.4, -0.2) is 63.2 Å². The van der Waals surface area contributed by atoms with Crippen LogP contribution in [0.1, 0.15) is 11.4 Å². The van der Waals surface area contributed by atoms with Gasteiger partial charge in [0.05, 0.1) is 23.1 Å². The fraction of sp³-hybridized carbons (Fsp3) is 0.286. The minimum atomic E-state index is -0.865. The molecule has 1 saturated heterocycles. The van der Waals surface area contributed by atoms with Gasteiger partial charge in [0.15, 0.2) is 0 Å². The number of hydrogen-bond donors (Lipinski definition) is 4. The lowest BCUT2D eigenvalue weighted by atomic mass is 10.2. The smallest absolute Gasteiger partial charge is 0.407 e. The maximum Gasteiger partial charge on any atom is 0.407 e. The molecule has 3 heterocycles. The summed E-state index contributed by atoms with van der Waals surface area (Å²) in [5, 5.41) is 15.7. The number of aromatic amines is 1. The van der Waals surface area contributed by atoms with Crippen LogP contribution in [0.25, 0.3) is 10.9 Å². The number of hydrogen-bond acceptors (Lipinski definition) is 4. The number of H-pyrrole nitrogens is 1. The van der Waals surface area contributed by atoms with Crippen LogP contribution in [0.3, 0.4) is 0 Å². The molecule has 4 rings (SSSR count). The number of benzene rings is 1. The number of anilines is 2. The first-order valence-electron chi connectivity index (χ1n) is 9.79. The van der Waals surface area contributed by atoms with Gasteiger partial charge in [0.1, 0.15) is 0 Å². The Morgan fingerprint density at radius 2 is 1.93 bits per heavy atom. The lowest BCUT2D eigenvalue weighted by Gasteiger charge is -2.32.